The molecule has 1 rings (SSSR count). The van der Waals surface area contributed by atoms with E-state index in [4.69, 9.17) is 11.8 Å². The van der Waals surface area contributed by atoms with Crippen molar-refractivity contribution in [1.29, 1.82) is 0 Å². The Morgan fingerprint density at radius 2 is 2.00 bits per heavy atom. The first kappa shape index (κ1) is 9.07. The van der Waals surface area contributed by atoms with Gasteiger partial charge in [-0.05, 0) is 19.1 Å². The molecule has 0 saturated heterocycles. The summed E-state index contributed by atoms with van der Waals surface area (Å²) < 4.78 is 9.90. The first-order valence-corrected chi connectivity index (χ1v) is 3.86. The molecule has 0 heterocycles. The Labute approximate surface area is 73.1 Å². The Morgan fingerprint density at radius 3 is 2.58 bits per heavy atom. The highest BCUT2D eigenvalue weighted by molar-refractivity contribution is 5.20. The van der Waals surface area contributed by atoms with E-state index >= 15 is 0 Å². The molecule has 0 aliphatic rings. The Kier molecular flexibility index (Phi) is 3.61. The van der Waals surface area contributed by atoms with E-state index < -0.39 is 0 Å². The largest absolute Gasteiger partial charge is 0.491 e. The lowest BCUT2D eigenvalue weighted by Crippen LogP contribution is -2.14. The maximum Gasteiger partial charge on any atom is 0.119 e. The van der Waals surface area contributed by atoms with Gasteiger partial charge in [0.1, 0.15) is 19.5 Å². The second-order valence-electron chi connectivity index (χ2n) is 2.57. The molecule has 0 amide bonds. The van der Waals surface area contributed by atoms with Crippen LogP contribution in [-0.4, -0.2) is 12.7 Å². The monoisotopic (exact) mass is 164 g/mol. The van der Waals surface area contributed by atoms with Crippen LogP contribution in [-0.2, 0) is 4.74 Å². The van der Waals surface area contributed by atoms with E-state index in [1.165, 1.54) is 0 Å². The zero-order chi connectivity index (χ0) is 8.81. The fourth-order valence-corrected chi connectivity index (χ4v) is 0.770. The van der Waals surface area contributed by atoms with Crippen LogP contribution in [0.1, 0.15) is 6.92 Å². The van der Waals surface area contributed by atoms with Crippen molar-refractivity contribution in [2.75, 3.05) is 6.61 Å². The number of hydrogen-bond donors (Lipinski definition) is 0. The Hall–Kier alpha value is -1.02. The zero-order valence-corrected chi connectivity index (χ0v) is 7.07. The summed E-state index contributed by atoms with van der Waals surface area (Å²) in [6.07, 6.45) is -0.0785. The molecule has 0 fully saturated rings. The van der Waals surface area contributed by atoms with Gasteiger partial charge in [0.2, 0.25) is 0 Å². The third-order valence-corrected chi connectivity index (χ3v) is 1.46. The van der Waals surface area contributed by atoms with E-state index in [0.717, 1.165) is 5.75 Å². The average molecular weight is 164 g/mol. The van der Waals surface area contributed by atoms with E-state index in [-0.39, 0.29) is 6.10 Å². The second-order valence-corrected chi connectivity index (χ2v) is 2.57. The van der Waals surface area contributed by atoms with Crippen molar-refractivity contribution in [1.82, 2.24) is 0 Å². The maximum absolute atomic E-state index is 5.35. The van der Waals surface area contributed by atoms with Gasteiger partial charge in [-0.15, -0.1) is 0 Å². The van der Waals surface area contributed by atoms with E-state index in [2.05, 4.69) is 4.74 Å². The number of rotatable bonds is 4. The molecule has 0 saturated carbocycles. The molecule has 2 nitrogen and oxygen atoms in total. The lowest BCUT2D eigenvalue weighted by molar-refractivity contribution is 0.0979. The van der Waals surface area contributed by atoms with Crippen molar-refractivity contribution in [2.45, 2.75) is 13.0 Å². The summed E-state index contributed by atoms with van der Waals surface area (Å²) in [5, 5.41) is 0. The van der Waals surface area contributed by atoms with E-state index in [0.29, 0.717) is 6.61 Å². The topological polar surface area (TPSA) is 18.5 Å². The quantitative estimate of drug-likeness (QED) is 0.678. The Bertz CT molecular complexity index is 208. The normalized spacial score (nSPS) is 12.5. The van der Waals surface area contributed by atoms with Crippen LogP contribution in [0.4, 0.5) is 0 Å². The molecule has 1 aromatic carbocycles. The van der Waals surface area contributed by atoms with Crippen molar-refractivity contribution < 1.29 is 9.47 Å². The van der Waals surface area contributed by atoms with Crippen LogP contribution < -0.4 is 4.74 Å². The van der Waals surface area contributed by atoms with E-state index in [1.54, 1.807) is 0 Å². The van der Waals surface area contributed by atoms with Gasteiger partial charge in [0.05, 0.1) is 6.10 Å². The minimum atomic E-state index is -0.0785. The molecule has 2 heteroatoms. The van der Waals surface area contributed by atoms with Gasteiger partial charge in [0.15, 0.2) is 0 Å². The minimum absolute atomic E-state index is 0.0785. The molecule has 1 atom stereocenters. The van der Waals surface area contributed by atoms with E-state index in [1.807, 2.05) is 37.3 Å². The molecule has 0 aliphatic heterocycles. The van der Waals surface area contributed by atoms with Gasteiger partial charge < -0.3 is 9.47 Å². The average Bonchev–Trinajstić information content (AvgIpc) is 2.16. The fraction of sp³-hybridized carbons (Fsp3) is 0.300. The highest BCUT2D eigenvalue weighted by Crippen LogP contribution is 2.08. The molecule has 0 spiro atoms. The third-order valence-electron chi connectivity index (χ3n) is 1.46. The van der Waals surface area contributed by atoms with Crippen molar-refractivity contribution in [3.05, 3.63) is 37.4 Å². The van der Waals surface area contributed by atoms with Crippen molar-refractivity contribution >= 4 is 0 Å². The van der Waals surface area contributed by atoms with Gasteiger partial charge in [-0.25, -0.2) is 0 Å². The molecule has 64 valence electrons. The smallest absolute Gasteiger partial charge is 0.119 e. The molecular weight excluding hydrogens is 152 g/mol. The van der Waals surface area contributed by atoms with Crippen LogP contribution in [0.25, 0.3) is 0 Å². The second kappa shape index (κ2) is 4.78. The fourth-order valence-electron chi connectivity index (χ4n) is 0.770. The van der Waals surface area contributed by atoms with Gasteiger partial charge in [0, 0.05) is 0 Å². The van der Waals surface area contributed by atoms with Crippen molar-refractivity contribution in [2.24, 2.45) is 0 Å². The van der Waals surface area contributed by atoms with Crippen LogP contribution in [0.2, 0.25) is 0 Å². The zero-order valence-electron chi connectivity index (χ0n) is 7.07. The predicted octanol–water partition coefficient (Wildman–Crippen LogP) is 2.14. The summed E-state index contributed by atoms with van der Waals surface area (Å²) >= 11 is 0. The van der Waals surface area contributed by atoms with Gasteiger partial charge >= 0.3 is 0 Å². The summed E-state index contributed by atoms with van der Waals surface area (Å²) in [4.78, 5) is 0. The van der Waals surface area contributed by atoms with E-state index in [9.17, 15) is 0 Å². The molecule has 2 radical (unpaired) electrons. The van der Waals surface area contributed by atoms with Crippen LogP contribution >= 0.6 is 0 Å². The summed E-state index contributed by atoms with van der Waals surface area (Å²) in [5.41, 5.74) is 0. The predicted molar refractivity (Wildman–Crippen MR) is 46.8 cm³/mol. The Morgan fingerprint density at radius 1 is 1.33 bits per heavy atom. The molecule has 0 aliphatic carbocycles. The summed E-state index contributed by atoms with van der Waals surface area (Å²) in [5.74, 6) is 0.835. The Balaban J connectivity index is 2.33. The SMILES string of the molecule is [CH]OC(C)COc1ccccc1. The van der Waals surface area contributed by atoms with Crippen LogP contribution in [0, 0.1) is 7.11 Å². The van der Waals surface area contributed by atoms with Crippen molar-refractivity contribution in [3.63, 3.8) is 0 Å². The maximum atomic E-state index is 5.35. The molecule has 0 bridgehead atoms. The number of ether oxygens (including phenoxy) is 2. The van der Waals surface area contributed by atoms with Gasteiger partial charge in [0.25, 0.3) is 0 Å². The molecule has 1 aromatic rings. The lowest BCUT2D eigenvalue weighted by atomic mass is 10.3. The molecule has 1 unspecified atom stereocenters. The standard InChI is InChI=1S/C10H12O2/c1-9(11-2)8-12-10-6-4-3-5-7-10/h2-7,9H,8H2,1H3. The summed E-state index contributed by atoms with van der Waals surface area (Å²) in [6.45, 7) is 2.32. The summed E-state index contributed by atoms with van der Waals surface area (Å²) in [6, 6.07) is 9.56. The first-order chi connectivity index (χ1) is 5.83. The molecule has 12 heavy (non-hydrogen) atoms. The highest BCUT2D eigenvalue weighted by atomic mass is 16.5. The molecule has 0 N–H and O–H groups in total. The lowest BCUT2D eigenvalue weighted by Gasteiger charge is -2.10. The number of hydrogen-bond acceptors (Lipinski definition) is 2. The van der Waals surface area contributed by atoms with Crippen LogP contribution in [0.5, 0.6) is 5.75 Å². The van der Waals surface area contributed by atoms with Crippen LogP contribution in [0.3, 0.4) is 0 Å². The summed E-state index contributed by atoms with van der Waals surface area (Å²) in [7, 11) is 4.96. The van der Waals surface area contributed by atoms with Crippen LogP contribution in [0.15, 0.2) is 30.3 Å². The van der Waals surface area contributed by atoms with Gasteiger partial charge in [-0.1, -0.05) is 18.2 Å². The van der Waals surface area contributed by atoms with Crippen molar-refractivity contribution in [3.8, 4) is 5.75 Å². The number of benzene rings is 1. The van der Waals surface area contributed by atoms with Gasteiger partial charge in [-0.2, -0.15) is 0 Å². The highest BCUT2D eigenvalue weighted by Gasteiger charge is 1.99. The minimum Gasteiger partial charge on any atom is -0.491 e. The van der Waals surface area contributed by atoms with Gasteiger partial charge in [-0.3, -0.25) is 0 Å². The molecular formula is C10H12O2. The number of para-hydroxylation sites is 1. The third kappa shape index (κ3) is 2.93. The first-order valence-electron chi connectivity index (χ1n) is 3.86. The molecule has 0 aromatic heterocycles.